The molecule has 0 radical (unpaired) electrons. The first-order chi connectivity index (χ1) is 17.2. The monoisotopic (exact) mass is 513 g/mol. The molecule has 6 nitrogen and oxygen atoms in total. The number of hydrogen-bond acceptors (Lipinski definition) is 5. The van der Waals surface area contributed by atoms with Crippen molar-refractivity contribution in [3.8, 4) is 0 Å². The minimum atomic E-state index is -4.47. The van der Waals surface area contributed by atoms with Crippen molar-refractivity contribution in [3.05, 3.63) is 95.1 Å². The highest BCUT2D eigenvalue weighted by atomic mass is 32.2. The quantitative estimate of drug-likeness (QED) is 0.301. The van der Waals surface area contributed by atoms with E-state index < -0.39 is 44.9 Å². The molecule has 1 fully saturated rings. The van der Waals surface area contributed by atoms with E-state index in [4.69, 9.17) is 4.74 Å². The predicted molar refractivity (Wildman–Crippen MR) is 130 cm³/mol. The van der Waals surface area contributed by atoms with E-state index in [1.807, 2.05) is 12.1 Å². The third-order valence-corrected chi connectivity index (χ3v) is 7.62. The average Bonchev–Trinajstić information content (AvgIpc) is 2.87. The summed E-state index contributed by atoms with van der Waals surface area (Å²) in [5.74, 6) is -3.03. The maximum atomic E-state index is 14.0. The number of Topliss-reactive ketones (excluding diaryl/α,β-unsaturated/α-hetero) is 1. The number of carbonyl (C=O) groups is 2. The highest BCUT2D eigenvalue weighted by Gasteiger charge is 2.23. The molecule has 1 saturated carbocycles. The standard InChI is InChI=1S/C27H25F2NO5S/c28-21-14-15-26(23(29)16-21)36(33,34)30-24-9-5-4-8-22(24)27(32)35-17-25(31)20-12-10-19(11-13-20)18-6-2-1-3-7-18/h4-5,8-16,18,30H,1-3,6-7,17H2. The fraction of sp³-hybridized carbons (Fsp3) is 0.259. The third-order valence-electron chi connectivity index (χ3n) is 6.22. The molecule has 0 aliphatic heterocycles. The van der Waals surface area contributed by atoms with E-state index >= 15 is 0 Å². The number of benzene rings is 3. The molecule has 3 aromatic rings. The summed E-state index contributed by atoms with van der Waals surface area (Å²) in [6, 6.07) is 14.9. The Morgan fingerprint density at radius 3 is 2.31 bits per heavy atom. The van der Waals surface area contributed by atoms with Crippen molar-refractivity contribution in [1.29, 1.82) is 0 Å². The van der Waals surface area contributed by atoms with E-state index in [2.05, 4.69) is 4.72 Å². The van der Waals surface area contributed by atoms with E-state index in [-0.39, 0.29) is 11.3 Å². The van der Waals surface area contributed by atoms with Gasteiger partial charge < -0.3 is 4.74 Å². The molecular formula is C27H25F2NO5S. The SMILES string of the molecule is O=C(COC(=O)c1ccccc1NS(=O)(=O)c1ccc(F)cc1F)c1ccc(C2CCCCC2)cc1. The van der Waals surface area contributed by atoms with Gasteiger partial charge in [0.15, 0.2) is 12.4 Å². The molecule has 0 amide bonds. The van der Waals surface area contributed by atoms with Gasteiger partial charge in [-0.05, 0) is 48.6 Å². The molecule has 0 atom stereocenters. The van der Waals surface area contributed by atoms with Crippen molar-refractivity contribution in [3.63, 3.8) is 0 Å². The van der Waals surface area contributed by atoms with Crippen LogP contribution in [0, 0.1) is 11.6 Å². The van der Waals surface area contributed by atoms with Gasteiger partial charge in [-0.15, -0.1) is 0 Å². The first-order valence-electron chi connectivity index (χ1n) is 11.6. The van der Waals surface area contributed by atoms with Crippen molar-refractivity contribution in [2.75, 3.05) is 11.3 Å². The van der Waals surface area contributed by atoms with Crippen LogP contribution in [0.25, 0.3) is 0 Å². The number of anilines is 1. The number of halogens is 2. The Morgan fingerprint density at radius 2 is 1.61 bits per heavy atom. The van der Waals surface area contributed by atoms with Crippen molar-refractivity contribution in [1.82, 2.24) is 0 Å². The van der Waals surface area contributed by atoms with Crippen LogP contribution in [0.2, 0.25) is 0 Å². The van der Waals surface area contributed by atoms with Gasteiger partial charge in [0.05, 0.1) is 11.3 Å². The molecule has 1 N–H and O–H groups in total. The van der Waals surface area contributed by atoms with Crippen LogP contribution in [-0.4, -0.2) is 26.8 Å². The van der Waals surface area contributed by atoms with Gasteiger partial charge in [0.1, 0.15) is 16.5 Å². The molecule has 3 aromatic carbocycles. The number of sulfonamides is 1. The summed E-state index contributed by atoms with van der Waals surface area (Å²) in [4.78, 5) is 24.5. The lowest BCUT2D eigenvalue weighted by molar-refractivity contribution is 0.0476. The molecule has 188 valence electrons. The van der Waals surface area contributed by atoms with Gasteiger partial charge in [0, 0.05) is 11.6 Å². The molecule has 0 bridgehead atoms. The molecule has 0 unspecified atom stereocenters. The minimum absolute atomic E-state index is 0.163. The van der Waals surface area contributed by atoms with Crippen molar-refractivity contribution in [2.24, 2.45) is 0 Å². The number of ketones is 1. The van der Waals surface area contributed by atoms with Crippen LogP contribution in [0.15, 0.2) is 71.6 Å². The molecule has 36 heavy (non-hydrogen) atoms. The Morgan fingerprint density at radius 1 is 0.917 bits per heavy atom. The Kier molecular flexibility index (Phi) is 7.79. The summed E-state index contributed by atoms with van der Waals surface area (Å²) in [7, 11) is -4.47. The molecule has 0 saturated heterocycles. The number of carbonyl (C=O) groups excluding carboxylic acids is 2. The number of rotatable bonds is 8. The third kappa shape index (κ3) is 5.96. The number of hydrogen-bond donors (Lipinski definition) is 1. The summed E-state index contributed by atoms with van der Waals surface area (Å²) in [5, 5.41) is 0. The summed E-state index contributed by atoms with van der Waals surface area (Å²) >= 11 is 0. The first kappa shape index (κ1) is 25.5. The zero-order chi connectivity index (χ0) is 25.7. The summed E-state index contributed by atoms with van der Waals surface area (Å²) in [6.07, 6.45) is 5.95. The zero-order valence-electron chi connectivity index (χ0n) is 19.4. The minimum Gasteiger partial charge on any atom is -0.454 e. The highest BCUT2D eigenvalue weighted by Crippen LogP contribution is 2.32. The molecule has 1 aliphatic carbocycles. The molecule has 1 aliphatic rings. The molecular weight excluding hydrogens is 488 g/mol. The second-order valence-corrected chi connectivity index (χ2v) is 10.3. The fourth-order valence-corrected chi connectivity index (χ4v) is 5.45. The smallest absolute Gasteiger partial charge is 0.340 e. The van der Waals surface area contributed by atoms with Crippen molar-refractivity contribution < 1.29 is 31.5 Å². The Bertz CT molecular complexity index is 1370. The van der Waals surface area contributed by atoms with Crippen LogP contribution in [-0.2, 0) is 14.8 Å². The van der Waals surface area contributed by atoms with Gasteiger partial charge in [-0.1, -0.05) is 55.7 Å². The van der Waals surface area contributed by atoms with Crippen LogP contribution in [0.5, 0.6) is 0 Å². The van der Waals surface area contributed by atoms with Crippen LogP contribution in [0.1, 0.15) is 64.3 Å². The summed E-state index contributed by atoms with van der Waals surface area (Å²) in [6.45, 7) is -0.532. The first-order valence-corrected chi connectivity index (χ1v) is 13.1. The Balaban J connectivity index is 1.42. The number of nitrogens with one attached hydrogen (secondary N) is 1. The molecule has 0 spiro atoms. The highest BCUT2D eigenvalue weighted by molar-refractivity contribution is 7.92. The maximum Gasteiger partial charge on any atom is 0.340 e. The Hall–Kier alpha value is -3.59. The number of esters is 1. The lowest BCUT2D eigenvalue weighted by atomic mass is 9.84. The van der Waals surface area contributed by atoms with E-state index in [1.54, 1.807) is 12.1 Å². The summed E-state index contributed by atoms with van der Waals surface area (Å²) in [5.41, 5.74) is 1.27. The van der Waals surface area contributed by atoms with E-state index in [9.17, 15) is 26.8 Å². The van der Waals surface area contributed by atoms with Crippen LogP contribution in [0.4, 0.5) is 14.5 Å². The van der Waals surface area contributed by atoms with Gasteiger partial charge in [-0.3, -0.25) is 9.52 Å². The van der Waals surface area contributed by atoms with Crippen LogP contribution < -0.4 is 4.72 Å². The summed E-state index contributed by atoms with van der Waals surface area (Å²) < 4.78 is 59.7. The van der Waals surface area contributed by atoms with Gasteiger partial charge in [-0.2, -0.15) is 0 Å². The largest absolute Gasteiger partial charge is 0.454 e. The second kappa shape index (κ2) is 11.0. The van der Waals surface area contributed by atoms with Gasteiger partial charge in [0.2, 0.25) is 0 Å². The predicted octanol–water partition coefficient (Wildman–Crippen LogP) is 5.85. The number of para-hydroxylation sites is 1. The molecule has 9 heteroatoms. The van der Waals surface area contributed by atoms with Crippen molar-refractivity contribution in [2.45, 2.75) is 42.9 Å². The van der Waals surface area contributed by atoms with Crippen LogP contribution >= 0.6 is 0 Å². The lowest BCUT2D eigenvalue weighted by Crippen LogP contribution is -2.19. The molecule has 4 rings (SSSR count). The maximum absolute atomic E-state index is 14.0. The lowest BCUT2D eigenvalue weighted by Gasteiger charge is -2.22. The van der Waals surface area contributed by atoms with E-state index in [0.29, 0.717) is 17.5 Å². The molecule has 0 aromatic heterocycles. The van der Waals surface area contributed by atoms with Gasteiger partial charge in [0.25, 0.3) is 10.0 Å². The van der Waals surface area contributed by atoms with Crippen molar-refractivity contribution >= 4 is 27.5 Å². The van der Waals surface area contributed by atoms with E-state index in [1.165, 1.54) is 49.1 Å². The zero-order valence-corrected chi connectivity index (χ0v) is 20.2. The topological polar surface area (TPSA) is 89.5 Å². The fourth-order valence-electron chi connectivity index (χ4n) is 4.31. The Labute approximate surface area is 208 Å². The average molecular weight is 514 g/mol. The normalized spacial score (nSPS) is 14.3. The van der Waals surface area contributed by atoms with Gasteiger partial charge >= 0.3 is 5.97 Å². The molecule has 0 heterocycles. The van der Waals surface area contributed by atoms with E-state index in [0.717, 1.165) is 25.0 Å². The van der Waals surface area contributed by atoms with Gasteiger partial charge in [-0.25, -0.2) is 22.0 Å². The second-order valence-electron chi connectivity index (χ2n) is 8.68. The van der Waals surface area contributed by atoms with Crippen LogP contribution in [0.3, 0.4) is 0 Å². The number of ether oxygens (including phenoxy) is 1.